The van der Waals surface area contributed by atoms with Crippen molar-refractivity contribution in [1.82, 2.24) is 9.97 Å². The van der Waals surface area contributed by atoms with Crippen molar-refractivity contribution in [2.45, 2.75) is 12.8 Å². The van der Waals surface area contributed by atoms with Gasteiger partial charge in [0.25, 0.3) is 5.56 Å². The number of benzene rings is 2. The quantitative estimate of drug-likeness (QED) is 0.705. The summed E-state index contributed by atoms with van der Waals surface area (Å²) < 4.78 is 0. The van der Waals surface area contributed by atoms with E-state index < -0.39 is 6.61 Å². The number of aliphatic hydroxyl groups is 1. The van der Waals surface area contributed by atoms with Gasteiger partial charge in [0.05, 0.1) is 10.9 Å². The highest BCUT2D eigenvalue weighted by Gasteiger charge is 2.09. The first kappa shape index (κ1) is 15.1. The van der Waals surface area contributed by atoms with Crippen LogP contribution in [0.2, 0.25) is 0 Å². The maximum Gasteiger partial charge on any atom is 0.258 e. The Balaban J connectivity index is 1.92. The molecule has 0 aliphatic heterocycles. The molecule has 0 aliphatic rings. The summed E-state index contributed by atoms with van der Waals surface area (Å²) in [5.41, 5.74) is 1.77. The molecule has 0 atom stereocenters. The lowest BCUT2D eigenvalue weighted by molar-refractivity contribution is 0.0904. The van der Waals surface area contributed by atoms with Crippen LogP contribution in [-0.2, 0) is 12.8 Å². The zero-order valence-electron chi connectivity index (χ0n) is 12.5. The number of Topliss-reactive ketones (excluding diaryl/α,β-unsaturated/α-hetero) is 1. The molecule has 0 fully saturated rings. The van der Waals surface area contributed by atoms with Gasteiger partial charge >= 0.3 is 0 Å². The molecule has 1 aromatic heterocycles. The van der Waals surface area contributed by atoms with Crippen molar-refractivity contribution in [3.05, 3.63) is 75.8 Å². The Morgan fingerprint density at radius 2 is 1.87 bits per heavy atom. The summed E-state index contributed by atoms with van der Waals surface area (Å²) in [5.74, 6) is 0.194. The van der Waals surface area contributed by atoms with Crippen LogP contribution in [0.15, 0.2) is 53.3 Å². The normalized spacial score (nSPS) is 10.8. The minimum atomic E-state index is -0.560. The zero-order valence-corrected chi connectivity index (χ0v) is 12.5. The largest absolute Gasteiger partial charge is 0.388 e. The number of hydrogen-bond acceptors (Lipinski definition) is 4. The fourth-order valence-corrected chi connectivity index (χ4v) is 2.48. The first-order valence-corrected chi connectivity index (χ1v) is 7.38. The summed E-state index contributed by atoms with van der Waals surface area (Å²) >= 11 is 0. The van der Waals surface area contributed by atoms with E-state index in [0.717, 1.165) is 6.42 Å². The van der Waals surface area contributed by atoms with Crippen LogP contribution in [0.25, 0.3) is 10.9 Å². The van der Waals surface area contributed by atoms with Gasteiger partial charge in [-0.3, -0.25) is 9.59 Å². The van der Waals surface area contributed by atoms with Crippen molar-refractivity contribution >= 4 is 16.7 Å². The Bertz CT molecular complexity index is 901. The van der Waals surface area contributed by atoms with Crippen molar-refractivity contribution in [2.24, 2.45) is 0 Å². The molecule has 1 heterocycles. The van der Waals surface area contributed by atoms with E-state index in [1.54, 1.807) is 12.1 Å². The van der Waals surface area contributed by atoms with Gasteiger partial charge in [-0.05, 0) is 24.1 Å². The molecule has 3 rings (SSSR count). The topological polar surface area (TPSA) is 83.0 Å². The van der Waals surface area contributed by atoms with Crippen LogP contribution in [0, 0.1) is 0 Å². The van der Waals surface area contributed by atoms with Crippen molar-refractivity contribution in [2.75, 3.05) is 6.61 Å². The van der Waals surface area contributed by atoms with Gasteiger partial charge in [-0.1, -0.05) is 36.4 Å². The standard InChI is InChI=1S/C18H16N2O3/c21-11-16(22)13-7-8-14-15(10-13)19-17(20-18(14)23)9-6-12-4-2-1-3-5-12/h1-5,7-8,10,21H,6,9,11H2,(H,19,20,23). The second-order valence-corrected chi connectivity index (χ2v) is 5.31. The van der Waals surface area contributed by atoms with E-state index in [9.17, 15) is 9.59 Å². The average Bonchev–Trinajstić information content (AvgIpc) is 2.59. The molecule has 116 valence electrons. The molecule has 0 spiro atoms. The first-order valence-electron chi connectivity index (χ1n) is 7.38. The van der Waals surface area contributed by atoms with Crippen LogP contribution < -0.4 is 5.56 Å². The molecule has 0 saturated carbocycles. The molecular weight excluding hydrogens is 292 g/mol. The summed E-state index contributed by atoms with van der Waals surface area (Å²) in [7, 11) is 0. The number of fused-ring (bicyclic) bond motifs is 1. The maximum absolute atomic E-state index is 12.1. The van der Waals surface area contributed by atoms with E-state index >= 15 is 0 Å². The van der Waals surface area contributed by atoms with Crippen LogP contribution in [0.3, 0.4) is 0 Å². The first-order chi connectivity index (χ1) is 11.2. The summed E-state index contributed by atoms with van der Waals surface area (Å²) in [6, 6.07) is 14.6. The Morgan fingerprint density at radius 1 is 1.09 bits per heavy atom. The van der Waals surface area contributed by atoms with Gasteiger partial charge in [0.2, 0.25) is 0 Å². The molecule has 3 aromatic rings. The van der Waals surface area contributed by atoms with Gasteiger partial charge in [-0.25, -0.2) is 4.98 Å². The molecule has 5 nitrogen and oxygen atoms in total. The number of aromatic nitrogens is 2. The molecule has 2 N–H and O–H groups in total. The van der Waals surface area contributed by atoms with Crippen molar-refractivity contribution < 1.29 is 9.90 Å². The van der Waals surface area contributed by atoms with E-state index in [-0.39, 0.29) is 11.3 Å². The lowest BCUT2D eigenvalue weighted by atomic mass is 10.1. The second-order valence-electron chi connectivity index (χ2n) is 5.31. The number of carbonyl (C=O) groups is 1. The molecule has 23 heavy (non-hydrogen) atoms. The monoisotopic (exact) mass is 308 g/mol. The van der Waals surface area contributed by atoms with Crippen LogP contribution in [0.4, 0.5) is 0 Å². The third-order valence-electron chi connectivity index (χ3n) is 3.71. The van der Waals surface area contributed by atoms with Crippen molar-refractivity contribution in [3.8, 4) is 0 Å². The number of aryl methyl sites for hydroxylation is 2. The Hall–Kier alpha value is -2.79. The number of aliphatic hydroxyl groups excluding tert-OH is 1. The van der Waals surface area contributed by atoms with Crippen molar-refractivity contribution in [1.29, 1.82) is 0 Å². The Labute approximate surface area is 132 Å². The number of ketones is 1. The highest BCUT2D eigenvalue weighted by atomic mass is 16.3. The predicted molar refractivity (Wildman–Crippen MR) is 87.6 cm³/mol. The highest BCUT2D eigenvalue weighted by molar-refractivity contribution is 5.99. The van der Waals surface area contributed by atoms with Gasteiger partial charge in [-0.15, -0.1) is 0 Å². The molecule has 2 aromatic carbocycles. The molecule has 5 heteroatoms. The molecule has 0 radical (unpaired) electrons. The molecule has 0 unspecified atom stereocenters. The van der Waals surface area contributed by atoms with Gasteiger partial charge in [-0.2, -0.15) is 0 Å². The number of hydrogen-bond donors (Lipinski definition) is 2. The van der Waals surface area contributed by atoms with Crippen LogP contribution >= 0.6 is 0 Å². The number of nitrogens with zero attached hydrogens (tertiary/aromatic N) is 1. The van der Waals surface area contributed by atoms with Crippen LogP contribution in [0.1, 0.15) is 21.7 Å². The van der Waals surface area contributed by atoms with Gasteiger partial charge in [0.15, 0.2) is 5.78 Å². The number of aromatic amines is 1. The van der Waals surface area contributed by atoms with Crippen molar-refractivity contribution in [3.63, 3.8) is 0 Å². The number of nitrogens with one attached hydrogen (secondary N) is 1. The Morgan fingerprint density at radius 3 is 2.61 bits per heavy atom. The molecule has 0 bridgehead atoms. The lowest BCUT2D eigenvalue weighted by Crippen LogP contribution is -2.13. The lowest BCUT2D eigenvalue weighted by Gasteiger charge is -2.05. The van der Waals surface area contributed by atoms with Crippen LogP contribution in [0.5, 0.6) is 0 Å². The molecule has 0 amide bonds. The summed E-state index contributed by atoms with van der Waals surface area (Å²) in [4.78, 5) is 30.9. The van der Waals surface area contributed by atoms with E-state index in [2.05, 4.69) is 9.97 Å². The van der Waals surface area contributed by atoms with Gasteiger partial charge in [0, 0.05) is 12.0 Å². The number of carbonyl (C=O) groups excluding carboxylic acids is 1. The number of H-pyrrole nitrogens is 1. The number of rotatable bonds is 5. The van der Waals surface area contributed by atoms with Gasteiger partial charge in [0.1, 0.15) is 12.4 Å². The SMILES string of the molecule is O=C(CO)c1ccc2c(=O)[nH]c(CCc3ccccc3)nc2c1. The summed E-state index contributed by atoms with van der Waals surface area (Å²) in [6.45, 7) is -0.560. The van der Waals surface area contributed by atoms with E-state index in [4.69, 9.17) is 5.11 Å². The second kappa shape index (κ2) is 6.54. The third kappa shape index (κ3) is 3.35. The predicted octanol–water partition coefficient (Wildman–Crippen LogP) is 1.88. The van der Waals surface area contributed by atoms with E-state index in [1.807, 2.05) is 30.3 Å². The Kier molecular flexibility index (Phi) is 4.30. The molecule has 0 saturated heterocycles. The van der Waals surface area contributed by atoms with Crippen LogP contribution in [-0.4, -0.2) is 27.5 Å². The van der Waals surface area contributed by atoms with E-state index in [0.29, 0.717) is 28.7 Å². The fourth-order valence-electron chi connectivity index (χ4n) is 2.48. The van der Waals surface area contributed by atoms with E-state index in [1.165, 1.54) is 11.6 Å². The smallest absolute Gasteiger partial charge is 0.258 e. The van der Waals surface area contributed by atoms with Gasteiger partial charge < -0.3 is 10.1 Å². The minimum Gasteiger partial charge on any atom is -0.388 e. The molecular formula is C18H16N2O3. The zero-order chi connectivity index (χ0) is 16.2. The third-order valence-corrected chi connectivity index (χ3v) is 3.71. The summed E-state index contributed by atoms with van der Waals surface area (Å²) in [6.07, 6.45) is 1.37. The minimum absolute atomic E-state index is 0.221. The average molecular weight is 308 g/mol. The maximum atomic E-state index is 12.1. The fraction of sp³-hybridized carbons (Fsp3) is 0.167. The molecule has 0 aliphatic carbocycles. The summed E-state index contributed by atoms with van der Waals surface area (Å²) in [5, 5.41) is 9.38. The highest BCUT2D eigenvalue weighted by Crippen LogP contribution is 2.12.